The number of benzene rings is 1. The van der Waals surface area contributed by atoms with Crippen molar-refractivity contribution in [2.45, 2.75) is 6.42 Å². The Morgan fingerprint density at radius 2 is 2.17 bits per heavy atom. The van der Waals surface area contributed by atoms with Crippen LogP contribution in [0, 0.1) is 10.1 Å². The van der Waals surface area contributed by atoms with Gasteiger partial charge in [-0.3, -0.25) is 14.9 Å². The highest BCUT2D eigenvalue weighted by Crippen LogP contribution is 2.25. The van der Waals surface area contributed by atoms with Gasteiger partial charge in [0.2, 0.25) is 0 Å². The van der Waals surface area contributed by atoms with Crippen LogP contribution in [0.1, 0.15) is 6.42 Å². The molecule has 0 unspecified atom stereocenters. The molecule has 1 aromatic carbocycles. The van der Waals surface area contributed by atoms with E-state index in [0.717, 1.165) is 0 Å². The number of aliphatic hydroxyl groups is 1. The Balaban J connectivity index is 2.48. The standard InChI is InChI=1S/C11H14N2O5/c14-7-3-6-12-11(15)8-18-10-5-2-1-4-9(10)13(16)17/h1-2,4-5,14H,3,6-8H2,(H,12,15). The maximum Gasteiger partial charge on any atom is 0.310 e. The van der Waals surface area contributed by atoms with E-state index in [1.807, 2.05) is 0 Å². The number of carbonyl (C=O) groups excluding carboxylic acids is 1. The number of hydrogen-bond donors (Lipinski definition) is 2. The van der Waals surface area contributed by atoms with Crippen LogP contribution in [0.2, 0.25) is 0 Å². The molecule has 1 aromatic rings. The molecule has 1 rings (SSSR count). The fourth-order valence-electron chi connectivity index (χ4n) is 1.23. The average Bonchev–Trinajstić information content (AvgIpc) is 2.37. The summed E-state index contributed by atoms with van der Waals surface area (Å²) in [4.78, 5) is 21.4. The Labute approximate surface area is 104 Å². The van der Waals surface area contributed by atoms with Crippen LogP contribution in [-0.2, 0) is 4.79 Å². The van der Waals surface area contributed by atoms with E-state index in [2.05, 4.69) is 5.32 Å². The van der Waals surface area contributed by atoms with Crippen molar-refractivity contribution in [2.24, 2.45) is 0 Å². The second kappa shape index (κ2) is 7.23. The van der Waals surface area contributed by atoms with Crippen LogP contribution < -0.4 is 10.1 Å². The minimum Gasteiger partial charge on any atom is -0.477 e. The molecule has 18 heavy (non-hydrogen) atoms. The second-order valence-corrected chi connectivity index (χ2v) is 3.44. The van der Waals surface area contributed by atoms with Crippen LogP contribution in [-0.4, -0.2) is 35.7 Å². The molecule has 0 heterocycles. The molecular formula is C11H14N2O5. The largest absolute Gasteiger partial charge is 0.477 e. The number of aliphatic hydroxyl groups excluding tert-OH is 1. The quantitative estimate of drug-likeness (QED) is 0.418. The summed E-state index contributed by atoms with van der Waals surface area (Å²) in [5.74, 6) is -0.332. The third-order valence-corrected chi connectivity index (χ3v) is 2.08. The number of para-hydroxylation sites is 2. The van der Waals surface area contributed by atoms with Gasteiger partial charge in [0.05, 0.1) is 4.92 Å². The maximum atomic E-state index is 11.3. The van der Waals surface area contributed by atoms with Gasteiger partial charge in [0.15, 0.2) is 12.4 Å². The van der Waals surface area contributed by atoms with Gasteiger partial charge in [0, 0.05) is 19.2 Å². The van der Waals surface area contributed by atoms with E-state index in [0.29, 0.717) is 13.0 Å². The number of rotatable bonds is 7. The van der Waals surface area contributed by atoms with Crippen LogP contribution in [0.15, 0.2) is 24.3 Å². The molecule has 0 saturated carbocycles. The molecule has 1 amide bonds. The van der Waals surface area contributed by atoms with Gasteiger partial charge in [0.25, 0.3) is 5.91 Å². The number of nitrogens with zero attached hydrogens (tertiary/aromatic N) is 1. The molecule has 2 N–H and O–H groups in total. The third-order valence-electron chi connectivity index (χ3n) is 2.08. The topological polar surface area (TPSA) is 102 Å². The molecule has 0 aliphatic rings. The first kappa shape index (κ1) is 13.9. The van der Waals surface area contributed by atoms with Crippen molar-refractivity contribution < 1.29 is 19.6 Å². The van der Waals surface area contributed by atoms with E-state index in [9.17, 15) is 14.9 Å². The van der Waals surface area contributed by atoms with Crippen molar-refractivity contribution in [2.75, 3.05) is 19.8 Å². The molecular weight excluding hydrogens is 240 g/mol. The van der Waals surface area contributed by atoms with Crippen molar-refractivity contribution in [3.8, 4) is 5.75 Å². The van der Waals surface area contributed by atoms with Gasteiger partial charge in [-0.05, 0) is 12.5 Å². The molecule has 0 saturated heterocycles. The summed E-state index contributed by atoms with van der Waals surface area (Å²) in [5, 5.41) is 21.7. The van der Waals surface area contributed by atoms with Gasteiger partial charge in [-0.1, -0.05) is 12.1 Å². The molecule has 0 spiro atoms. The Kier molecular flexibility index (Phi) is 5.59. The molecule has 0 bridgehead atoms. The lowest BCUT2D eigenvalue weighted by atomic mass is 10.3. The predicted octanol–water partition coefficient (Wildman–Crippen LogP) is 0.472. The summed E-state index contributed by atoms with van der Waals surface area (Å²) in [6, 6.07) is 5.84. The normalized spacial score (nSPS) is 9.83. The smallest absolute Gasteiger partial charge is 0.310 e. The molecule has 7 heteroatoms. The number of nitrogens with one attached hydrogen (secondary N) is 1. The molecule has 0 fully saturated rings. The molecule has 0 aromatic heterocycles. The van der Waals surface area contributed by atoms with Crippen molar-refractivity contribution in [1.82, 2.24) is 5.32 Å². The van der Waals surface area contributed by atoms with Gasteiger partial charge in [0.1, 0.15) is 0 Å². The van der Waals surface area contributed by atoms with Crippen LogP contribution in [0.3, 0.4) is 0 Å². The Bertz CT molecular complexity index is 422. The van der Waals surface area contributed by atoms with Gasteiger partial charge >= 0.3 is 5.69 Å². The van der Waals surface area contributed by atoms with Gasteiger partial charge in [-0.15, -0.1) is 0 Å². The minimum atomic E-state index is -0.570. The first-order chi connectivity index (χ1) is 8.65. The number of carbonyl (C=O) groups is 1. The zero-order valence-corrected chi connectivity index (χ0v) is 9.67. The molecule has 98 valence electrons. The summed E-state index contributed by atoms with van der Waals surface area (Å²) in [7, 11) is 0. The van der Waals surface area contributed by atoms with Gasteiger partial charge < -0.3 is 15.2 Å². The molecule has 0 aliphatic carbocycles. The summed E-state index contributed by atoms with van der Waals surface area (Å²) >= 11 is 0. The van der Waals surface area contributed by atoms with Gasteiger partial charge in [-0.2, -0.15) is 0 Å². The number of nitro groups is 1. The third kappa shape index (κ3) is 4.38. The lowest BCUT2D eigenvalue weighted by molar-refractivity contribution is -0.385. The van der Waals surface area contributed by atoms with Crippen LogP contribution in [0.25, 0.3) is 0 Å². The lowest BCUT2D eigenvalue weighted by Gasteiger charge is -2.07. The highest BCUT2D eigenvalue weighted by molar-refractivity contribution is 5.77. The van der Waals surface area contributed by atoms with Crippen molar-refractivity contribution in [3.63, 3.8) is 0 Å². The highest BCUT2D eigenvalue weighted by atomic mass is 16.6. The highest BCUT2D eigenvalue weighted by Gasteiger charge is 2.14. The van der Waals surface area contributed by atoms with E-state index in [4.69, 9.17) is 9.84 Å². The zero-order chi connectivity index (χ0) is 13.4. The van der Waals surface area contributed by atoms with E-state index < -0.39 is 4.92 Å². The number of ether oxygens (including phenoxy) is 1. The predicted molar refractivity (Wildman–Crippen MR) is 63.3 cm³/mol. The summed E-state index contributed by atoms with van der Waals surface area (Å²) in [6.45, 7) is 0.0388. The van der Waals surface area contributed by atoms with E-state index >= 15 is 0 Å². The monoisotopic (exact) mass is 254 g/mol. The lowest BCUT2D eigenvalue weighted by Crippen LogP contribution is -2.30. The van der Waals surface area contributed by atoms with Crippen molar-refractivity contribution in [3.05, 3.63) is 34.4 Å². The van der Waals surface area contributed by atoms with Gasteiger partial charge in [-0.25, -0.2) is 0 Å². The fourth-order valence-corrected chi connectivity index (χ4v) is 1.23. The molecule has 7 nitrogen and oxygen atoms in total. The SMILES string of the molecule is O=C(COc1ccccc1[N+](=O)[O-])NCCCO. The van der Waals surface area contributed by atoms with E-state index in [1.165, 1.54) is 18.2 Å². The number of hydrogen-bond acceptors (Lipinski definition) is 5. The molecule has 0 radical (unpaired) electrons. The molecule has 0 atom stereocenters. The Morgan fingerprint density at radius 1 is 1.44 bits per heavy atom. The zero-order valence-electron chi connectivity index (χ0n) is 9.67. The minimum absolute atomic E-state index is 0.00864. The fraction of sp³-hybridized carbons (Fsp3) is 0.364. The first-order valence-corrected chi connectivity index (χ1v) is 5.39. The van der Waals surface area contributed by atoms with Crippen molar-refractivity contribution in [1.29, 1.82) is 0 Å². The summed E-state index contributed by atoms with van der Waals surface area (Å²) in [5.41, 5.74) is -0.180. The number of amides is 1. The van der Waals surface area contributed by atoms with Crippen LogP contribution >= 0.6 is 0 Å². The Hall–Kier alpha value is -2.15. The molecule has 0 aliphatic heterocycles. The Morgan fingerprint density at radius 3 is 2.83 bits per heavy atom. The maximum absolute atomic E-state index is 11.3. The van der Waals surface area contributed by atoms with Crippen molar-refractivity contribution >= 4 is 11.6 Å². The van der Waals surface area contributed by atoms with E-state index in [-0.39, 0.29) is 30.6 Å². The summed E-state index contributed by atoms with van der Waals surface area (Å²) in [6.07, 6.45) is 0.456. The van der Waals surface area contributed by atoms with E-state index in [1.54, 1.807) is 6.07 Å². The average molecular weight is 254 g/mol. The van der Waals surface area contributed by atoms with Crippen LogP contribution in [0.4, 0.5) is 5.69 Å². The second-order valence-electron chi connectivity index (χ2n) is 3.44. The van der Waals surface area contributed by atoms with Crippen LogP contribution in [0.5, 0.6) is 5.75 Å². The number of nitro benzene ring substituents is 1. The first-order valence-electron chi connectivity index (χ1n) is 5.39. The summed E-state index contributed by atoms with van der Waals surface area (Å²) < 4.78 is 5.07.